The van der Waals surface area contributed by atoms with E-state index >= 15 is 0 Å². The van der Waals surface area contributed by atoms with Crippen LogP contribution < -0.4 is 0 Å². The van der Waals surface area contributed by atoms with Crippen LogP contribution in [0.4, 0.5) is 0 Å². The van der Waals surface area contributed by atoms with Crippen molar-refractivity contribution in [3.63, 3.8) is 0 Å². The number of carbonyl (C=O) groups excluding carboxylic acids is 4. The van der Waals surface area contributed by atoms with Gasteiger partial charge in [0.2, 0.25) is 0 Å². The van der Waals surface area contributed by atoms with Crippen LogP contribution in [0.25, 0.3) is 0 Å². The molecule has 0 radical (unpaired) electrons. The van der Waals surface area contributed by atoms with E-state index in [0.717, 1.165) is 0 Å². The summed E-state index contributed by atoms with van der Waals surface area (Å²) in [6.07, 6.45) is 1.70. The number of carbonyl (C=O) groups is 4. The van der Waals surface area contributed by atoms with Gasteiger partial charge in [-0.2, -0.15) is 0 Å². The highest BCUT2D eigenvalue weighted by Crippen LogP contribution is 2.37. The van der Waals surface area contributed by atoms with Gasteiger partial charge in [0.05, 0.1) is 18.4 Å². The molecule has 0 aromatic carbocycles. The highest BCUT2D eigenvalue weighted by atomic mass is 16.6. The summed E-state index contributed by atoms with van der Waals surface area (Å²) in [6, 6.07) is 0. The zero-order chi connectivity index (χ0) is 22.4. The molecule has 2 aliphatic rings. The number of aliphatic hydroxyl groups excluding tert-OH is 1. The molecule has 164 valence electrons. The summed E-state index contributed by atoms with van der Waals surface area (Å²) in [5.41, 5.74) is 0.752. The van der Waals surface area contributed by atoms with Gasteiger partial charge in [0.1, 0.15) is 12.4 Å². The molecule has 1 saturated heterocycles. The van der Waals surface area contributed by atoms with Crippen molar-refractivity contribution < 1.29 is 38.5 Å². The minimum Gasteiger partial charge on any atom is -0.457 e. The van der Waals surface area contributed by atoms with Crippen LogP contribution in [0.3, 0.4) is 0 Å². The summed E-state index contributed by atoms with van der Waals surface area (Å²) in [6.45, 7) is 8.20. The van der Waals surface area contributed by atoms with E-state index in [0.29, 0.717) is 31.1 Å². The van der Waals surface area contributed by atoms with Gasteiger partial charge in [0, 0.05) is 18.1 Å². The molecule has 5 atom stereocenters. The quantitative estimate of drug-likeness (QED) is 0.227. The van der Waals surface area contributed by atoms with Crippen molar-refractivity contribution in [3.05, 3.63) is 35.5 Å². The monoisotopic (exact) mass is 420 g/mol. The number of aldehydes is 1. The molecule has 30 heavy (non-hydrogen) atoms. The molecule has 8 nitrogen and oxygen atoms in total. The number of fused-ring (bicyclic) bond motifs is 1. The van der Waals surface area contributed by atoms with E-state index in [9.17, 15) is 24.3 Å². The van der Waals surface area contributed by atoms with Gasteiger partial charge in [-0.3, -0.25) is 14.4 Å². The van der Waals surface area contributed by atoms with Gasteiger partial charge >= 0.3 is 17.9 Å². The van der Waals surface area contributed by atoms with E-state index < -0.39 is 48.1 Å². The van der Waals surface area contributed by atoms with Crippen LogP contribution in [0, 0.1) is 11.8 Å². The Hall–Kier alpha value is -2.74. The summed E-state index contributed by atoms with van der Waals surface area (Å²) < 4.78 is 16.5. The third-order valence-corrected chi connectivity index (χ3v) is 5.39. The first-order valence-corrected chi connectivity index (χ1v) is 9.96. The van der Waals surface area contributed by atoms with Crippen LogP contribution in [-0.2, 0) is 33.4 Å². The standard InChI is InChI=1S/C22H28O8/c1-5-12(2)21(26)30-20-18-13(3)22(27)29-17(18)9-15(10-23)7-6-8-16(11-24)19(20)28-14(4)25/h8-9,11-12,17-20,23H,3,5-7,10H2,1-2,4H3. The molecule has 2 rings (SSSR count). The normalized spacial score (nSPS) is 27.7. The number of hydrogen-bond donors (Lipinski definition) is 1. The molecule has 5 unspecified atom stereocenters. The maximum absolute atomic E-state index is 12.6. The number of ether oxygens (including phenoxy) is 3. The highest BCUT2D eigenvalue weighted by molar-refractivity contribution is 5.91. The zero-order valence-electron chi connectivity index (χ0n) is 17.5. The molecule has 0 spiro atoms. The molecule has 0 amide bonds. The van der Waals surface area contributed by atoms with Crippen LogP contribution in [0.15, 0.2) is 35.5 Å². The second-order valence-corrected chi connectivity index (χ2v) is 7.51. The third kappa shape index (κ3) is 5.24. The van der Waals surface area contributed by atoms with Crippen molar-refractivity contribution >= 4 is 24.2 Å². The smallest absolute Gasteiger partial charge is 0.334 e. The molecule has 0 saturated carbocycles. The minimum absolute atomic E-state index is 0.0402. The Balaban J connectivity index is 2.63. The number of rotatable bonds is 6. The van der Waals surface area contributed by atoms with Gasteiger partial charge in [0.25, 0.3) is 0 Å². The Morgan fingerprint density at radius 2 is 2.10 bits per heavy atom. The highest BCUT2D eigenvalue weighted by Gasteiger charge is 2.49. The van der Waals surface area contributed by atoms with Crippen molar-refractivity contribution in [1.29, 1.82) is 0 Å². The van der Waals surface area contributed by atoms with E-state index in [2.05, 4.69) is 6.58 Å². The first-order chi connectivity index (χ1) is 14.2. The van der Waals surface area contributed by atoms with Crippen molar-refractivity contribution in [2.24, 2.45) is 11.8 Å². The Kier molecular flexibility index (Phi) is 8.11. The minimum atomic E-state index is -1.23. The molecular formula is C22H28O8. The van der Waals surface area contributed by atoms with Gasteiger partial charge in [-0.25, -0.2) is 4.79 Å². The van der Waals surface area contributed by atoms with Crippen LogP contribution in [0.5, 0.6) is 0 Å². The molecule has 1 N–H and O–H groups in total. The molecule has 1 aliphatic heterocycles. The van der Waals surface area contributed by atoms with Gasteiger partial charge in [-0.15, -0.1) is 0 Å². The van der Waals surface area contributed by atoms with E-state index in [1.807, 2.05) is 6.92 Å². The van der Waals surface area contributed by atoms with Crippen LogP contribution in [-0.4, -0.2) is 54.2 Å². The van der Waals surface area contributed by atoms with E-state index in [1.165, 1.54) is 6.92 Å². The zero-order valence-corrected chi connectivity index (χ0v) is 17.5. The van der Waals surface area contributed by atoms with Gasteiger partial charge in [-0.05, 0) is 30.9 Å². The third-order valence-electron chi connectivity index (χ3n) is 5.39. The molecule has 0 bridgehead atoms. The topological polar surface area (TPSA) is 116 Å². The number of aliphatic hydroxyl groups is 1. The SMILES string of the molecule is C=C1C(=O)OC2C=C(CO)CCC=C(C=O)C(OC(C)=O)C(OC(=O)C(C)CC)C12. The fourth-order valence-corrected chi connectivity index (χ4v) is 3.48. The van der Waals surface area contributed by atoms with E-state index in [-0.39, 0.29) is 17.8 Å². The molecule has 1 fully saturated rings. The number of allylic oxidation sites excluding steroid dienone is 1. The lowest BCUT2D eigenvalue weighted by Crippen LogP contribution is -2.45. The second-order valence-electron chi connectivity index (χ2n) is 7.51. The number of esters is 3. The molecule has 1 aliphatic carbocycles. The average Bonchev–Trinajstić information content (AvgIpc) is 2.99. The van der Waals surface area contributed by atoms with Crippen LogP contribution in [0.2, 0.25) is 0 Å². The Labute approximate surface area is 175 Å². The van der Waals surface area contributed by atoms with Gasteiger partial charge in [0.15, 0.2) is 12.2 Å². The van der Waals surface area contributed by atoms with Crippen LogP contribution >= 0.6 is 0 Å². The summed E-state index contributed by atoms with van der Waals surface area (Å²) in [7, 11) is 0. The number of hydrogen-bond acceptors (Lipinski definition) is 8. The Morgan fingerprint density at radius 3 is 2.67 bits per heavy atom. The lowest BCUT2D eigenvalue weighted by molar-refractivity contribution is -0.171. The molecule has 0 aromatic rings. The fraction of sp³-hybridized carbons (Fsp3) is 0.545. The maximum Gasteiger partial charge on any atom is 0.334 e. The van der Waals surface area contributed by atoms with Crippen molar-refractivity contribution in [2.45, 2.75) is 58.3 Å². The van der Waals surface area contributed by atoms with Gasteiger partial charge in [-0.1, -0.05) is 26.5 Å². The van der Waals surface area contributed by atoms with E-state index in [1.54, 1.807) is 19.1 Å². The predicted molar refractivity (Wildman–Crippen MR) is 106 cm³/mol. The van der Waals surface area contributed by atoms with E-state index in [4.69, 9.17) is 14.2 Å². The summed E-state index contributed by atoms with van der Waals surface area (Å²) in [5.74, 6) is -3.25. The Bertz CT molecular complexity index is 778. The molecule has 8 heteroatoms. The molecular weight excluding hydrogens is 392 g/mol. The Morgan fingerprint density at radius 1 is 1.40 bits per heavy atom. The molecule has 1 heterocycles. The fourth-order valence-electron chi connectivity index (χ4n) is 3.48. The summed E-state index contributed by atoms with van der Waals surface area (Å²) >= 11 is 0. The second kappa shape index (κ2) is 10.3. The van der Waals surface area contributed by atoms with Crippen molar-refractivity contribution in [1.82, 2.24) is 0 Å². The predicted octanol–water partition coefficient (Wildman–Crippen LogP) is 1.81. The lowest BCUT2D eigenvalue weighted by Gasteiger charge is -2.33. The van der Waals surface area contributed by atoms with Gasteiger partial charge < -0.3 is 19.3 Å². The lowest BCUT2D eigenvalue weighted by atomic mass is 9.83. The summed E-state index contributed by atoms with van der Waals surface area (Å²) in [4.78, 5) is 48.6. The van der Waals surface area contributed by atoms with Crippen molar-refractivity contribution in [3.8, 4) is 0 Å². The summed E-state index contributed by atoms with van der Waals surface area (Å²) in [5, 5.41) is 9.66. The maximum atomic E-state index is 12.6. The first-order valence-electron chi connectivity index (χ1n) is 9.96. The molecule has 0 aromatic heterocycles. The first kappa shape index (κ1) is 23.5. The largest absolute Gasteiger partial charge is 0.457 e. The van der Waals surface area contributed by atoms with Crippen molar-refractivity contribution in [2.75, 3.05) is 6.61 Å². The van der Waals surface area contributed by atoms with Crippen LogP contribution in [0.1, 0.15) is 40.0 Å². The average molecular weight is 420 g/mol.